The SMILES string of the molecule is CCc1ccc(CN)cc1S(=O)(=O)N1CCN(C)CC1C. The van der Waals surface area contributed by atoms with Crippen LogP contribution in [0.1, 0.15) is 25.0 Å². The summed E-state index contributed by atoms with van der Waals surface area (Å²) in [6, 6.07) is 5.51. The molecular formula is C15H25N3O2S. The molecule has 1 fully saturated rings. The number of piperazine rings is 1. The molecule has 1 aromatic carbocycles. The molecule has 2 rings (SSSR count). The van der Waals surface area contributed by atoms with Crippen LogP contribution >= 0.6 is 0 Å². The molecule has 2 N–H and O–H groups in total. The van der Waals surface area contributed by atoms with Crippen molar-refractivity contribution < 1.29 is 8.42 Å². The molecule has 0 aromatic heterocycles. The molecule has 0 radical (unpaired) electrons. The minimum atomic E-state index is -3.46. The number of hydrogen-bond donors (Lipinski definition) is 1. The van der Waals surface area contributed by atoms with E-state index in [9.17, 15) is 8.42 Å². The maximum absolute atomic E-state index is 13.0. The molecule has 0 aliphatic carbocycles. The van der Waals surface area contributed by atoms with Gasteiger partial charge in [0, 0.05) is 32.2 Å². The Labute approximate surface area is 127 Å². The van der Waals surface area contributed by atoms with E-state index in [1.54, 1.807) is 10.4 Å². The number of likely N-dealkylation sites (N-methyl/N-ethyl adjacent to an activating group) is 1. The highest BCUT2D eigenvalue weighted by atomic mass is 32.2. The van der Waals surface area contributed by atoms with Gasteiger partial charge < -0.3 is 10.6 Å². The number of sulfonamides is 1. The topological polar surface area (TPSA) is 66.6 Å². The van der Waals surface area contributed by atoms with Crippen LogP contribution in [0.5, 0.6) is 0 Å². The summed E-state index contributed by atoms with van der Waals surface area (Å²) in [5.74, 6) is 0. The lowest BCUT2D eigenvalue weighted by atomic mass is 10.1. The van der Waals surface area contributed by atoms with Gasteiger partial charge in [-0.2, -0.15) is 4.31 Å². The fraction of sp³-hybridized carbons (Fsp3) is 0.600. The van der Waals surface area contributed by atoms with Crippen molar-refractivity contribution >= 4 is 10.0 Å². The zero-order valence-corrected chi connectivity index (χ0v) is 13.9. The van der Waals surface area contributed by atoms with Gasteiger partial charge in [-0.15, -0.1) is 0 Å². The van der Waals surface area contributed by atoms with Crippen LogP contribution in [0.3, 0.4) is 0 Å². The number of hydrogen-bond acceptors (Lipinski definition) is 4. The Kier molecular flexibility index (Phi) is 5.03. The van der Waals surface area contributed by atoms with Crippen LogP contribution in [0.15, 0.2) is 23.1 Å². The van der Waals surface area contributed by atoms with E-state index in [4.69, 9.17) is 5.73 Å². The fourth-order valence-electron chi connectivity index (χ4n) is 2.86. The number of rotatable bonds is 4. The fourth-order valence-corrected chi connectivity index (χ4v) is 4.82. The van der Waals surface area contributed by atoms with E-state index < -0.39 is 10.0 Å². The summed E-state index contributed by atoms with van der Waals surface area (Å²) in [6.45, 7) is 6.36. The van der Waals surface area contributed by atoms with E-state index in [2.05, 4.69) is 4.90 Å². The van der Waals surface area contributed by atoms with Gasteiger partial charge in [-0.1, -0.05) is 19.1 Å². The van der Waals surface area contributed by atoms with Crippen molar-refractivity contribution in [3.8, 4) is 0 Å². The van der Waals surface area contributed by atoms with Crippen molar-refractivity contribution in [2.45, 2.75) is 37.8 Å². The van der Waals surface area contributed by atoms with Crippen LogP contribution in [0, 0.1) is 0 Å². The van der Waals surface area contributed by atoms with Gasteiger partial charge in [0.1, 0.15) is 0 Å². The van der Waals surface area contributed by atoms with Crippen LogP contribution in [-0.2, 0) is 23.0 Å². The van der Waals surface area contributed by atoms with Crippen LogP contribution in [0.2, 0.25) is 0 Å². The average molecular weight is 311 g/mol. The molecular weight excluding hydrogens is 286 g/mol. The zero-order chi connectivity index (χ0) is 15.6. The van der Waals surface area contributed by atoms with E-state index in [0.29, 0.717) is 24.4 Å². The molecule has 0 bridgehead atoms. The summed E-state index contributed by atoms with van der Waals surface area (Å²) in [6.07, 6.45) is 0.696. The first kappa shape index (κ1) is 16.4. The molecule has 5 nitrogen and oxygen atoms in total. The van der Waals surface area contributed by atoms with Crippen molar-refractivity contribution in [1.29, 1.82) is 0 Å². The van der Waals surface area contributed by atoms with Gasteiger partial charge in [-0.05, 0) is 37.6 Å². The molecule has 1 unspecified atom stereocenters. The highest BCUT2D eigenvalue weighted by Crippen LogP contribution is 2.25. The average Bonchev–Trinajstić information content (AvgIpc) is 2.46. The summed E-state index contributed by atoms with van der Waals surface area (Å²) in [7, 11) is -1.44. The maximum atomic E-state index is 13.0. The van der Waals surface area contributed by atoms with Crippen LogP contribution in [-0.4, -0.2) is 50.3 Å². The van der Waals surface area contributed by atoms with Gasteiger partial charge in [0.05, 0.1) is 4.90 Å². The summed E-state index contributed by atoms with van der Waals surface area (Å²) in [5, 5.41) is 0. The molecule has 21 heavy (non-hydrogen) atoms. The number of nitrogens with zero attached hydrogens (tertiary/aromatic N) is 2. The first-order valence-corrected chi connectivity index (χ1v) is 8.86. The third-order valence-electron chi connectivity index (χ3n) is 4.10. The highest BCUT2D eigenvalue weighted by molar-refractivity contribution is 7.89. The van der Waals surface area contributed by atoms with Crippen molar-refractivity contribution in [2.75, 3.05) is 26.7 Å². The quantitative estimate of drug-likeness (QED) is 0.902. The lowest BCUT2D eigenvalue weighted by molar-refractivity contribution is 0.170. The summed E-state index contributed by atoms with van der Waals surface area (Å²) < 4.78 is 27.7. The van der Waals surface area contributed by atoms with Gasteiger partial charge >= 0.3 is 0 Å². The molecule has 0 spiro atoms. The second kappa shape index (κ2) is 6.44. The zero-order valence-electron chi connectivity index (χ0n) is 13.0. The Hall–Kier alpha value is -0.950. The molecule has 1 atom stereocenters. The Bertz CT molecular complexity index is 601. The molecule has 1 aliphatic rings. The minimum absolute atomic E-state index is 0.0139. The first-order chi connectivity index (χ1) is 9.90. The van der Waals surface area contributed by atoms with E-state index in [-0.39, 0.29) is 6.04 Å². The van der Waals surface area contributed by atoms with Gasteiger partial charge in [-0.25, -0.2) is 8.42 Å². The molecule has 0 saturated carbocycles. The molecule has 1 heterocycles. The Balaban J connectivity index is 2.43. The molecule has 1 aromatic rings. The van der Waals surface area contributed by atoms with Crippen molar-refractivity contribution in [3.63, 3.8) is 0 Å². The van der Waals surface area contributed by atoms with Crippen molar-refractivity contribution in [2.24, 2.45) is 5.73 Å². The molecule has 1 aliphatic heterocycles. The summed E-state index contributed by atoms with van der Waals surface area (Å²) >= 11 is 0. The van der Waals surface area contributed by atoms with E-state index in [1.807, 2.05) is 33.0 Å². The second-order valence-corrected chi connectivity index (χ2v) is 7.59. The first-order valence-electron chi connectivity index (χ1n) is 7.42. The predicted molar refractivity (Wildman–Crippen MR) is 84.6 cm³/mol. The second-order valence-electron chi connectivity index (χ2n) is 5.73. The predicted octanol–water partition coefficient (Wildman–Crippen LogP) is 1.03. The smallest absolute Gasteiger partial charge is 0.243 e. The normalized spacial score (nSPS) is 21.6. The molecule has 6 heteroatoms. The summed E-state index contributed by atoms with van der Waals surface area (Å²) in [5.41, 5.74) is 7.38. The minimum Gasteiger partial charge on any atom is -0.326 e. The molecule has 118 valence electrons. The molecule has 1 saturated heterocycles. The number of nitrogens with two attached hydrogens (primary N) is 1. The lowest BCUT2D eigenvalue weighted by Gasteiger charge is -2.37. The van der Waals surface area contributed by atoms with Gasteiger partial charge in [-0.3, -0.25) is 0 Å². The highest BCUT2D eigenvalue weighted by Gasteiger charge is 2.33. The van der Waals surface area contributed by atoms with Gasteiger partial charge in [0.15, 0.2) is 0 Å². The largest absolute Gasteiger partial charge is 0.326 e. The number of benzene rings is 1. The van der Waals surface area contributed by atoms with Crippen molar-refractivity contribution in [1.82, 2.24) is 9.21 Å². The number of aryl methyl sites for hydroxylation is 1. The summed E-state index contributed by atoms with van der Waals surface area (Å²) in [4.78, 5) is 2.58. The van der Waals surface area contributed by atoms with E-state index >= 15 is 0 Å². The third kappa shape index (κ3) is 3.29. The maximum Gasteiger partial charge on any atom is 0.243 e. The van der Waals surface area contributed by atoms with Crippen LogP contribution in [0.4, 0.5) is 0 Å². The van der Waals surface area contributed by atoms with Crippen LogP contribution < -0.4 is 5.73 Å². The van der Waals surface area contributed by atoms with Crippen LogP contribution in [0.25, 0.3) is 0 Å². The molecule has 0 amide bonds. The van der Waals surface area contributed by atoms with Gasteiger partial charge in [0.25, 0.3) is 0 Å². The monoisotopic (exact) mass is 311 g/mol. The Morgan fingerprint density at radius 2 is 2.05 bits per heavy atom. The third-order valence-corrected chi connectivity index (χ3v) is 6.20. The lowest BCUT2D eigenvalue weighted by Crippen LogP contribution is -2.52. The Morgan fingerprint density at radius 1 is 1.33 bits per heavy atom. The van der Waals surface area contributed by atoms with Gasteiger partial charge in [0.2, 0.25) is 10.0 Å². The Morgan fingerprint density at radius 3 is 2.62 bits per heavy atom. The van der Waals surface area contributed by atoms with E-state index in [1.165, 1.54) is 0 Å². The standard InChI is InChI=1S/C15H25N3O2S/c1-4-14-6-5-13(10-16)9-15(14)21(19,20)18-8-7-17(3)11-12(18)2/h5-6,9,12H,4,7-8,10-11,16H2,1-3H3. The van der Waals surface area contributed by atoms with E-state index in [0.717, 1.165) is 24.2 Å². The van der Waals surface area contributed by atoms with Crippen molar-refractivity contribution in [3.05, 3.63) is 29.3 Å².